The minimum Gasteiger partial charge on any atom is -0.479 e. The van der Waals surface area contributed by atoms with Crippen molar-refractivity contribution in [3.63, 3.8) is 0 Å². The number of aromatic nitrogens is 2. The highest BCUT2D eigenvalue weighted by molar-refractivity contribution is 6.32. The van der Waals surface area contributed by atoms with Gasteiger partial charge in [0.25, 0.3) is 0 Å². The number of aryl methyl sites for hydroxylation is 1. The van der Waals surface area contributed by atoms with Crippen molar-refractivity contribution in [1.82, 2.24) is 9.78 Å². The van der Waals surface area contributed by atoms with Crippen LogP contribution >= 0.6 is 11.6 Å². The van der Waals surface area contributed by atoms with E-state index in [1.165, 1.54) is 6.92 Å². The van der Waals surface area contributed by atoms with E-state index >= 15 is 0 Å². The van der Waals surface area contributed by atoms with Gasteiger partial charge < -0.3 is 9.84 Å². The monoisotopic (exact) mass is 280 g/mol. The molecule has 0 aliphatic rings. The molecule has 0 saturated heterocycles. The molecule has 0 fully saturated rings. The lowest BCUT2D eigenvalue weighted by Crippen LogP contribution is -2.22. The van der Waals surface area contributed by atoms with E-state index in [1.807, 2.05) is 19.2 Å². The molecule has 1 aromatic heterocycles. The SMILES string of the molecule is CC(Oc1ccc(-c2ccnn2C)cc1Cl)C(=O)O. The van der Waals surface area contributed by atoms with Crippen LogP contribution in [-0.4, -0.2) is 27.0 Å². The van der Waals surface area contributed by atoms with Crippen molar-refractivity contribution < 1.29 is 14.6 Å². The van der Waals surface area contributed by atoms with E-state index in [-0.39, 0.29) is 0 Å². The van der Waals surface area contributed by atoms with Crippen LogP contribution in [0.2, 0.25) is 5.02 Å². The van der Waals surface area contributed by atoms with Crippen LogP contribution in [-0.2, 0) is 11.8 Å². The number of hydrogen-bond acceptors (Lipinski definition) is 3. The maximum absolute atomic E-state index is 10.7. The molecule has 1 aromatic carbocycles. The van der Waals surface area contributed by atoms with Crippen LogP contribution in [0, 0.1) is 0 Å². The normalized spacial score (nSPS) is 12.2. The summed E-state index contributed by atoms with van der Waals surface area (Å²) in [4.78, 5) is 10.7. The standard InChI is InChI=1S/C13H13ClN2O3/c1-8(13(17)18)19-12-4-3-9(7-10(12)14)11-5-6-15-16(11)2/h3-8H,1-2H3,(H,17,18). The average molecular weight is 281 g/mol. The van der Waals surface area contributed by atoms with Crippen molar-refractivity contribution in [2.45, 2.75) is 13.0 Å². The fraction of sp³-hybridized carbons (Fsp3) is 0.231. The molecule has 1 N–H and O–H groups in total. The Kier molecular flexibility index (Phi) is 3.76. The lowest BCUT2D eigenvalue weighted by Gasteiger charge is -2.12. The van der Waals surface area contributed by atoms with Crippen molar-refractivity contribution in [3.05, 3.63) is 35.5 Å². The molecule has 100 valence electrons. The Balaban J connectivity index is 2.27. The van der Waals surface area contributed by atoms with Gasteiger partial charge in [0, 0.05) is 18.8 Å². The fourth-order valence-corrected chi connectivity index (χ4v) is 1.88. The third kappa shape index (κ3) is 2.88. The van der Waals surface area contributed by atoms with E-state index in [9.17, 15) is 4.79 Å². The predicted molar refractivity (Wildman–Crippen MR) is 71.4 cm³/mol. The Morgan fingerprint density at radius 1 is 1.47 bits per heavy atom. The molecule has 2 rings (SSSR count). The van der Waals surface area contributed by atoms with Crippen molar-refractivity contribution in [2.24, 2.45) is 7.05 Å². The molecule has 1 atom stereocenters. The summed E-state index contributed by atoms with van der Waals surface area (Å²) in [6, 6.07) is 7.06. The van der Waals surface area contributed by atoms with Gasteiger partial charge in [0.15, 0.2) is 6.10 Å². The number of hydrogen-bond donors (Lipinski definition) is 1. The number of nitrogens with zero attached hydrogens (tertiary/aromatic N) is 2. The van der Waals surface area contributed by atoms with Crippen molar-refractivity contribution in [1.29, 1.82) is 0 Å². The molecule has 0 spiro atoms. The third-order valence-electron chi connectivity index (χ3n) is 2.70. The fourth-order valence-electron chi connectivity index (χ4n) is 1.65. The van der Waals surface area contributed by atoms with Gasteiger partial charge in [0.05, 0.1) is 10.7 Å². The molecule has 0 radical (unpaired) electrons. The molecule has 5 nitrogen and oxygen atoms in total. The van der Waals surface area contributed by atoms with E-state index in [0.29, 0.717) is 10.8 Å². The van der Waals surface area contributed by atoms with Gasteiger partial charge in [0.1, 0.15) is 5.75 Å². The molecule has 0 bridgehead atoms. The number of aliphatic carboxylic acids is 1. The number of carbonyl (C=O) groups is 1. The molecule has 0 aliphatic heterocycles. The molecule has 6 heteroatoms. The second-order valence-electron chi connectivity index (χ2n) is 4.08. The maximum Gasteiger partial charge on any atom is 0.344 e. The summed E-state index contributed by atoms with van der Waals surface area (Å²) in [6.45, 7) is 1.45. The Morgan fingerprint density at radius 2 is 2.21 bits per heavy atom. The molecule has 2 aromatic rings. The van der Waals surface area contributed by atoms with Crippen LogP contribution in [0.15, 0.2) is 30.5 Å². The van der Waals surface area contributed by atoms with Crippen LogP contribution < -0.4 is 4.74 Å². The Bertz CT molecular complexity index is 610. The summed E-state index contributed by atoms with van der Waals surface area (Å²) in [5.41, 5.74) is 1.81. The van der Waals surface area contributed by atoms with Gasteiger partial charge in [-0.05, 0) is 31.2 Å². The Labute approximate surface area is 115 Å². The van der Waals surface area contributed by atoms with Crippen LogP contribution in [0.25, 0.3) is 11.3 Å². The zero-order valence-corrected chi connectivity index (χ0v) is 11.3. The van der Waals surface area contributed by atoms with Gasteiger partial charge in [-0.3, -0.25) is 4.68 Å². The highest BCUT2D eigenvalue weighted by Gasteiger charge is 2.15. The third-order valence-corrected chi connectivity index (χ3v) is 3.00. The minimum absolute atomic E-state index is 0.350. The molecule has 0 saturated carbocycles. The molecule has 0 aliphatic carbocycles. The summed E-state index contributed by atoms with van der Waals surface area (Å²) in [6.07, 6.45) is 0.750. The van der Waals surface area contributed by atoms with E-state index in [4.69, 9.17) is 21.4 Å². The Morgan fingerprint density at radius 3 is 2.74 bits per heavy atom. The van der Waals surface area contributed by atoms with Crippen LogP contribution in [0.1, 0.15) is 6.92 Å². The first kappa shape index (κ1) is 13.4. The molecule has 1 unspecified atom stereocenters. The first-order valence-corrected chi connectivity index (χ1v) is 6.04. The average Bonchev–Trinajstić information content (AvgIpc) is 2.78. The lowest BCUT2D eigenvalue weighted by atomic mass is 10.1. The molecular weight excluding hydrogens is 268 g/mol. The number of benzene rings is 1. The van der Waals surface area contributed by atoms with E-state index < -0.39 is 12.1 Å². The number of carboxylic acid groups (broad SMARTS) is 1. The molecular formula is C13H13ClN2O3. The number of carboxylic acids is 1. The van der Waals surface area contributed by atoms with Gasteiger partial charge in [0.2, 0.25) is 0 Å². The smallest absolute Gasteiger partial charge is 0.344 e. The maximum atomic E-state index is 10.7. The summed E-state index contributed by atoms with van der Waals surface area (Å²) in [7, 11) is 1.83. The molecule has 19 heavy (non-hydrogen) atoms. The summed E-state index contributed by atoms with van der Waals surface area (Å²) >= 11 is 6.10. The van der Waals surface area contributed by atoms with Gasteiger partial charge in [-0.15, -0.1) is 0 Å². The zero-order chi connectivity index (χ0) is 14.0. The molecule has 0 amide bonds. The first-order valence-electron chi connectivity index (χ1n) is 5.66. The zero-order valence-electron chi connectivity index (χ0n) is 10.5. The highest BCUT2D eigenvalue weighted by Crippen LogP contribution is 2.30. The van der Waals surface area contributed by atoms with Gasteiger partial charge in [-0.25, -0.2) is 4.79 Å². The highest BCUT2D eigenvalue weighted by atomic mass is 35.5. The topological polar surface area (TPSA) is 64.4 Å². The Hall–Kier alpha value is -2.01. The van der Waals surface area contributed by atoms with Crippen molar-refractivity contribution >= 4 is 17.6 Å². The summed E-state index contributed by atoms with van der Waals surface area (Å²) < 4.78 is 6.98. The first-order chi connectivity index (χ1) is 8.99. The van der Waals surface area contributed by atoms with Crippen molar-refractivity contribution in [3.8, 4) is 17.0 Å². The van der Waals surface area contributed by atoms with Crippen LogP contribution in [0.3, 0.4) is 0 Å². The number of ether oxygens (including phenoxy) is 1. The molecule has 1 heterocycles. The van der Waals surface area contributed by atoms with Gasteiger partial charge >= 0.3 is 5.97 Å². The number of rotatable bonds is 4. The summed E-state index contributed by atoms with van der Waals surface area (Å²) in [5.74, 6) is -0.686. The van der Waals surface area contributed by atoms with Crippen LogP contribution in [0.4, 0.5) is 0 Å². The van der Waals surface area contributed by atoms with Gasteiger partial charge in [-0.1, -0.05) is 11.6 Å². The van der Waals surface area contributed by atoms with E-state index in [0.717, 1.165) is 11.3 Å². The van der Waals surface area contributed by atoms with E-state index in [2.05, 4.69) is 5.10 Å². The predicted octanol–water partition coefficient (Wildman–Crippen LogP) is 2.59. The summed E-state index contributed by atoms with van der Waals surface area (Å²) in [5, 5.41) is 13.2. The van der Waals surface area contributed by atoms with Crippen LogP contribution in [0.5, 0.6) is 5.75 Å². The second kappa shape index (κ2) is 5.32. The minimum atomic E-state index is -1.04. The van der Waals surface area contributed by atoms with Crippen molar-refractivity contribution in [2.75, 3.05) is 0 Å². The quantitative estimate of drug-likeness (QED) is 0.935. The lowest BCUT2D eigenvalue weighted by molar-refractivity contribution is -0.144. The second-order valence-corrected chi connectivity index (χ2v) is 4.49. The largest absolute Gasteiger partial charge is 0.479 e. The van der Waals surface area contributed by atoms with E-state index in [1.54, 1.807) is 23.0 Å². The van der Waals surface area contributed by atoms with Gasteiger partial charge in [-0.2, -0.15) is 5.10 Å². The number of halogens is 1.